The van der Waals surface area contributed by atoms with Gasteiger partial charge < -0.3 is 9.72 Å². The number of hydrogen-bond donors (Lipinski definition) is 1. The monoisotopic (exact) mass is 250 g/mol. The van der Waals surface area contributed by atoms with Crippen molar-refractivity contribution in [2.75, 3.05) is 7.11 Å². The smallest absolute Gasteiger partial charge is 0.119 e. The molecule has 3 aromatic rings. The lowest BCUT2D eigenvalue weighted by molar-refractivity contribution is 0.415. The molecule has 0 aliphatic carbocycles. The third-order valence-electron chi connectivity index (χ3n) is 3.01. The van der Waals surface area contributed by atoms with E-state index in [1.54, 1.807) is 19.5 Å². The Balaban J connectivity index is 1.91. The standard InChI is InChI=1S/C16H14N2O/c1-19-15-4-5-16-13(11-15)10-14(18-16)3-2-12-6-8-17-9-7-12/h2-11,18H,1H3/b3-2-. The molecule has 2 aromatic heterocycles. The summed E-state index contributed by atoms with van der Waals surface area (Å²) < 4.78 is 5.22. The number of pyridine rings is 1. The topological polar surface area (TPSA) is 37.9 Å². The third-order valence-corrected chi connectivity index (χ3v) is 3.01. The van der Waals surface area contributed by atoms with Crippen molar-refractivity contribution in [3.05, 3.63) is 60.0 Å². The highest BCUT2D eigenvalue weighted by atomic mass is 16.5. The first-order valence-electron chi connectivity index (χ1n) is 6.10. The third kappa shape index (κ3) is 2.50. The van der Waals surface area contributed by atoms with E-state index < -0.39 is 0 Å². The van der Waals surface area contributed by atoms with Crippen molar-refractivity contribution in [3.8, 4) is 5.75 Å². The molecule has 1 N–H and O–H groups in total. The maximum absolute atomic E-state index is 5.22. The van der Waals surface area contributed by atoms with Crippen LogP contribution in [0.2, 0.25) is 0 Å². The van der Waals surface area contributed by atoms with E-state index in [0.29, 0.717) is 0 Å². The Morgan fingerprint density at radius 1 is 1.05 bits per heavy atom. The van der Waals surface area contributed by atoms with E-state index in [9.17, 15) is 0 Å². The van der Waals surface area contributed by atoms with Crippen LogP contribution in [0, 0.1) is 0 Å². The van der Waals surface area contributed by atoms with E-state index in [-0.39, 0.29) is 0 Å². The quantitative estimate of drug-likeness (QED) is 0.769. The van der Waals surface area contributed by atoms with Gasteiger partial charge in [0.1, 0.15) is 5.75 Å². The SMILES string of the molecule is COc1ccc2[nH]c(/C=C\c3ccncc3)cc2c1. The van der Waals surface area contributed by atoms with Gasteiger partial charge in [-0.1, -0.05) is 6.08 Å². The van der Waals surface area contributed by atoms with Gasteiger partial charge in [0.2, 0.25) is 0 Å². The van der Waals surface area contributed by atoms with Gasteiger partial charge in [-0.2, -0.15) is 0 Å². The van der Waals surface area contributed by atoms with Crippen LogP contribution in [0.3, 0.4) is 0 Å². The number of rotatable bonds is 3. The lowest BCUT2D eigenvalue weighted by atomic mass is 10.2. The lowest BCUT2D eigenvalue weighted by Gasteiger charge is -1.97. The van der Waals surface area contributed by atoms with Crippen molar-refractivity contribution in [1.82, 2.24) is 9.97 Å². The van der Waals surface area contributed by atoms with Crippen LogP contribution in [0.1, 0.15) is 11.3 Å². The van der Waals surface area contributed by atoms with Crippen molar-refractivity contribution in [2.45, 2.75) is 0 Å². The Kier molecular flexibility index (Phi) is 3.02. The maximum atomic E-state index is 5.22. The zero-order valence-corrected chi connectivity index (χ0v) is 10.6. The minimum Gasteiger partial charge on any atom is -0.497 e. The average Bonchev–Trinajstić information content (AvgIpc) is 2.88. The van der Waals surface area contributed by atoms with E-state index >= 15 is 0 Å². The molecule has 0 spiro atoms. The van der Waals surface area contributed by atoms with Gasteiger partial charge in [0.05, 0.1) is 7.11 Å². The molecule has 3 nitrogen and oxygen atoms in total. The van der Waals surface area contributed by atoms with Crippen molar-refractivity contribution >= 4 is 23.1 Å². The van der Waals surface area contributed by atoms with Crippen LogP contribution in [-0.4, -0.2) is 17.1 Å². The number of ether oxygens (including phenoxy) is 1. The minimum absolute atomic E-state index is 0.871. The second kappa shape index (κ2) is 4.98. The summed E-state index contributed by atoms with van der Waals surface area (Å²) >= 11 is 0. The van der Waals surface area contributed by atoms with Crippen LogP contribution in [0.5, 0.6) is 5.75 Å². The van der Waals surface area contributed by atoms with Crippen LogP contribution in [-0.2, 0) is 0 Å². The number of benzene rings is 1. The van der Waals surface area contributed by atoms with Gasteiger partial charge in [-0.3, -0.25) is 4.98 Å². The van der Waals surface area contributed by atoms with E-state index in [2.05, 4.69) is 28.2 Å². The van der Waals surface area contributed by atoms with Gasteiger partial charge in [0, 0.05) is 29.0 Å². The first kappa shape index (κ1) is 11.5. The highest BCUT2D eigenvalue weighted by Gasteiger charge is 1.99. The molecular weight excluding hydrogens is 236 g/mol. The van der Waals surface area contributed by atoms with Crippen molar-refractivity contribution in [1.29, 1.82) is 0 Å². The van der Waals surface area contributed by atoms with E-state index in [1.165, 1.54) is 0 Å². The van der Waals surface area contributed by atoms with Crippen LogP contribution >= 0.6 is 0 Å². The number of hydrogen-bond acceptors (Lipinski definition) is 2. The molecule has 0 amide bonds. The summed E-state index contributed by atoms with van der Waals surface area (Å²) in [5, 5.41) is 1.15. The van der Waals surface area contributed by atoms with E-state index in [1.807, 2.05) is 30.3 Å². The number of nitrogens with one attached hydrogen (secondary N) is 1. The molecule has 0 bridgehead atoms. The van der Waals surface area contributed by atoms with Crippen molar-refractivity contribution < 1.29 is 4.74 Å². The van der Waals surface area contributed by atoms with Crippen LogP contribution in [0.15, 0.2) is 48.8 Å². The zero-order valence-electron chi connectivity index (χ0n) is 10.6. The van der Waals surface area contributed by atoms with E-state index in [0.717, 1.165) is 27.9 Å². The number of nitrogens with zero attached hydrogens (tertiary/aromatic N) is 1. The molecule has 0 saturated carbocycles. The molecule has 0 saturated heterocycles. The highest BCUT2D eigenvalue weighted by Crippen LogP contribution is 2.22. The predicted octanol–water partition coefficient (Wildman–Crippen LogP) is 3.74. The molecule has 0 radical (unpaired) electrons. The molecule has 0 aliphatic heterocycles. The number of aromatic nitrogens is 2. The molecule has 0 atom stereocenters. The normalized spacial score (nSPS) is 11.2. The highest BCUT2D eigenvalue weighted by molar-refractivity contribution is 5.85. The van der Waals surface area contributed by atoms with E-state index in [4.69, 9.17) is 4.74 Å². The summed E-state index contributed by atoms with van der Waals surface area (Å²) in [6.45, 7) is 0. The van der Waals surface area contributed by atoms with Gasteiger partial charge in [-0.15, -0.1) is 0 Å². The Bertz CT molecular complexity index is 714. The van der Waals surface area contributed by atoms with Gasteiger partial charge in [-0.25, -0.2) is 0 Å². The van der Waals surface area contributed by atoms with Gasteiger partial charge in [0.15, 0.2) is 0 Å². The predicted molar refractivity (Wildman–Crippen MR) is 78.0 cm³/mol. The Morgan fingerprint density at radius 2 is 1.89 bits per heavy atom. The van der Waals surface area contributed by atoms with Gasteiger partial charge in [0.25, 0.3) is 0 Å². The second-order valence-corrected chi connectivity index (χ2v) is 4.29. The molecule has 2 heterocycles. The van der Waals surface area contributed by atoms with Crippen LogP contribution in [0.4, 0.5) is 0 Å². The largest absolute Gasteiger partial charge is 0.497 e. The molecule has 3 rings (SSSR count). The van der Waals surface area contributed by atoms with Crippen molar-refractivity contribution in [2.24, 2.45) is 0 Å². The number of fused-ring (bicyclic) bond motifs is 1. The van der Waals surface area contributed by atoms with Gasteiger partial charge in [-0.05, 0) is 48.0 Å². The summed E-state index contributed by atoms with van der Waals surface area (Å²) in [6.07, 6.45) is 7.69. The lowest BCUT2D eigenvalue weighted by Crippen LogP contribution is -1.80. The first-order valence-corrected chi connectivity index (χ1v) is 6.10. The van der Waals surface area contributed by atoms with Gasteiger partial charge >= 0.3 is 0 Å². The fourth-order valence-corrected chi connectivity index (χ4v) is 2.01. The minimum atomic E-state index is 0.871. The summed E-state index contributed by atoms with van der Waals surface area (Å²) in [7, 11) is 1.68. The summed E-state index contributed by atoms with van der Waals surface area (Å²) in [6, 6.07) is 12.1. The summed E-state index contributed by atoms with van der Waals surface area (Å²) in [5.74, 6) is 0.871. The molecule has 94 valence electrons. The summed E-state index contributed by atoms with van der Waals surface area (Å²) in [4.78, 5) is 7.36. The second-order valence-electron chi connectivity index (χ2n) is 4.29. The Hall–Kier alpha value is -2.55. The number of methoxy groups -OCH3 is 1. The van der Waals surface area contributed by atoms with Crippen LogP contribution < -0.4 is 4.74 Å². The molecular formula is C16H14N2O. The first-order chi connectivity index (χ1) is 9.35. The average molecular weight is 250 g/mol. The molecule has 0 aliphatic rings. The fourth-order valence-electron chi connectivity index (χ4n) is 2.01. The number of aromatic amines is 1. The summed E-state index contributed by atoms with van der Waals surface area (Å²) in [5.41, 5.74) is 3.31. The molecule has 0 fully saturated rings. The van der Waals surface area contributed by atoms with Crippen molar-refractivity contribution in [3.63, 3.8) is 0 Å². The molecule has 1 aromatic carbocycles. The molecule has 0 unspecified atom stereocenters. The molecule has 3 heteroatoms. The van der Waals surface area contributed by atoms with Crippen LogP contribution in [0.25, 0.3) is 23.1 Å². The Morgan fingerprint density at radius 3 is 2.68 bits per heavy atom. The number of H-pyrrole nitrogens is 1. The Labute approximate surface area is 111 Å². The fraction of sp³-hybridized carbons (Fsp3) is 0.0625. The molecule has 19 heavy (non-hydrogen) atoms. The maximum Gasteiger partial charge on any atom is 0.119 e. The zero-order chi connectivity index (χ0) is 13.1.